The molecule has 4 rings (SSSR count). The molecule has 0 saturated carbocycles. The SMILES string of the molecule is CN=CC(=CN)c1ccc2nnn(Cc3ccc4ncnn4c3)c2n1. The van der Waals surface area contributed by atoms with E-state index < -0.39 is 0 Å². The van der Waals surface area contributed by atoms with Crippen molar-refractivity contribution in [2.45, 2.75) is 6.54 Å². The molecule has 0 aliphatic carbocycles. The molecule has 0 fully saturated rings. The summed E-state index contributed by atoms with van der Waals surface area (Å²) in [7, 11) is 1.69. The highest BCUT2D eigenvalue weighted by Gasteiger charge is 2.10. The zero-order chi connectivity index (χ0) is 17.2. The molecular weight excluding hydrogens is 318 g/mol. The molecule has 0 saturated heterocycles. The Kier molecular flexibility index (Phi) is 3.65. The molecule has 0 amide bonds. The van der Waals surface area contributed by atoms with Gasteiger partial charge < -0.3 is 5.73 Å². The van der Waals surface area contributed by atoms with Crippen LogP contribution in [0.4, 0.5) is 0 Å². The Hall–Kier alpha value is -3.62. The summed E-state index contributed by atoms with van der Waals surface area (Å²) < 4.78 is 3.47. The summed E-state index contributed by atoms with van der Waals surface area (Å²) in [5, 5.41) is 12.5. The number of allylic oxidation sites excluding steroid dienone is 1. The second-order valence-electron chi connectivity index (χ2n) is 5.40. The van der Waals surface area contributed by atoms with Crippen LogP contribution < -0.4 is 5.73 Å². The van der Waals surface area contributed by atoms with Gasteiger partial charge in [-0.05, 0) is 23.8 Å². The summed E-state index contributed by atoms with van der Waals surface area (Å²) in [6.45, 7) is 0.520. The van der Waals surface area contributed by atoms with Gasteiger partial charge in [-0.25, -0.2) is 19.2 Å². The number of rotatable bonds is 4. The van der Waals surface area contributed by atoms with Gasteiger partial charge in [0.15, 0.2) is 11.3 Å². The lowest BCUT2D eigenvalue weighted by molar-refractivity contribution is 0.660. The summed E-state index contributed by atoms with van der Waals surface area (Å²) >= 11 is 0. The molecule has 124 valence electrons. The predicted molar refractivity (Wildman–Crippen MR) is 94.0 cm³/mol. The second-order valence-corrected chi connectivity index (χ2v) is 5.40. The maximum absolute atomic E-state index is 5.67. The van der Waals surface area contributed by atoms with E-state index in [9.17, 15) is 0 Å². The van der Waals surface area contributed by atoms with Crippen molar-refractivity contribution in [3.8, 4) is 0 Å². The summed E-state index contributed by atoms with van der Waals surface area (Å²) in [4.78, 5) is 12.8. The fourth-order valence-electron chi connectivity index (χ4n) is 2.58. The lowest BCUT2D eigenvalue weighted by atomic mass is 10.2. The van der Waals surface area contributed by atoms with E-state index in [0.717, 1.165) is 28.0 Å². The second kappa shape index (κ2) is 6.11. The minimum atomic E-state index is 0.520. The van der Waals surface area contributed by atoms with E-state index in [1.807, 2.05) is 30.5 Å². The Morgan fingerprint density at radius 3 is 3.04 bits per heavy atom. The average molecular weight is 333 g/mol. The summed E-state index contributed by atoms with van der Waals surface area (Å²) in [5.41, 5.74) is 10.3. The highest BCUT2D eigenvalue weighted by Crippen LogP contribution is 2.16. The normalized spacial score (nSPS) is 12.6. The van der Waals surface area contributed by atoms with Crippen molar-refractivity contribution in [3.05, 3.63) is 54.2 Å². The number of pyridine rings is 2. The van der Waals surface area contributed by atoms with Crippen LogP contribution in [0.1, 0.15) is 11.3 Å². The Balaban J connectivity index is 1.73. The first-order valence-corrected chi connectivity index (χ1v) is 7.61. The topological polar surface area (TPSA) is 112 Å². The zero-order valence-electron chi connectivity index (χ0n) is 13.5. The van der Waals surface area contributed by atoms with Crippen LogP contribution in [0.25, 0.3) is 22.4 Å². The van der Waals surface area contributed by atoms with E-state index in [2.05, 4.69) is 30.4 Å². The van der Waals surface area contributed by atoms with E-state index in [1.165, 1.54) is 12.5 Å². The average Bonchev–Trinajstić information content (AvgIpc) is 3.26. The van der Waals surface area contributed by atoms with Crippen LogP contribution in [0.3, 0.4) is 0 Å². The molecule has 4 aromatic heterocycles. The minimum absolute atomic E-state index is 0.520. The van der Waals surface area contributed by atoms with Crippen LogP contribution in [0, 0.1) is 0 Å². The van der Waals surface area contributed by atoms with Crippen molar-refractivity contribution < 1.29 is 0 Å². The Bertz CT molecular complexity index is 1100. The highest BCUT2D eigenvalue weighted by atomic mass is 15.4. The van der Waals surface area contributed by atoms with E-state index in [4.69, 9.17) is 5.73 Å². The smallest absolute Gasteiger partial charge is 0.179 e. The van der Waals surface area contributed by atoms with Gasteiger partial charge in [0.25, 0.3) is 0 Å². The molecule has 0 spiro atoms. The van der Waals surface area contributed by atoms with E-state index >= 15 is 0 Å². The summed E-state index contributed by atoms with van der Waals surface area (Å²) in [5.74, 6) is 0. The number of fused-ring (bicyclic) bond motifs is 2. The lowest BCUT2D eigenvalue weighted by Crippen LogP contribution is -2.05. The lowest BCUT2D eigenvalue weighted by Gasteiger charge is -2.04. The molecule has 0 atom stereocenters. The first kappa shape index (κ1) is 14.9. The molecule has 25 heavy (non-hydrogen) atoms. The molecule has 4 aromatic rings. The van der Waals surface area contributed by atoms with Crippen molar-refractivity contribution in [1.29, 1.82) is 0 Å². The van der Waals surface area contributed by atoms with Gasteiger partial charge in [-0.1, -0.05) is 11.3 Å². The van der Waals surface area contributed by atoms with Crippen LogP contribution >= 0.6 is 0 Å². The monoisotopic (exact) mass is 333 g/mol. The largest absolute Gasteiger partial charge is 0.404 e. The minimum Gasteiger partial charge on any atom is -0.404 e. The molecule has 4 heterocycles. The van der Waals surface area contributed by atoms with Crippen LogP contribution in [-0.2, 0) is 6.54 Å². The van der Waals surface area contributed by atoms with Gasteiger partial charge in [-0.15, -0.1) is 5.10 Å². The molecule has 9 nitrogen and oxygen atoms in total. The number of hydrogen-bond acceptors (Lipinski definition) is 7. The fourth-order valence-corrected chi connectivity index (χ4v) is 2.58. The third-order valence-electron chi connectivity index (χ3n) is 3.77. The van der Waals surface area contributed by atoms with Crippen LogP contribution in [-0.4, -0.2) is 47.8 Å². The van der Waals surface area contributed by atoms with Gasteiger partial charge in [0.05, 0.1) is 12.2 Å². The fraction of sp³-hybridized carbons (Fsp3) is 0.125. The van der Waals surface area contributed by atoms with Gasteiger partial charge in [0.2, 0.25) is 0 Å². The number of aromatic nitrogens is 7. The van der Waals surface area contributed by atoms with Crippen molar-refractivity contribution >= 4 is 28.6 Å². The van der Waals surface area contributed by atoms with E-state index in [0.29, 0.717) is 12.2 Å². The van der Waals surface area contributed by atoms with Crippen molar-refractivity contribution in [2.24, 2.45) is 10.7 Å². The molecule has 9 heteroatoms. The summed E-state index contributed by atoms with van der Waals surface area (Å²) in [6.07, 6.45) is 6.58. The van der Waals surface area contributed by atoms with Crippen molar-refractivity contribution in [1.82, 2.24) is 34.6 Å². The van der Waals surface area contributed by atoms with E-state index in [1.54, 1.807) is 22.5 Å². The molecule has 2 N–H and O–H groups in total. The van der Waals surface area contributed by atoms with Crippen LogP contribution in [0.2, 0.25) is 0 Å². The standard InChI is InChI=1S/C16H15N9/c1-18-7-12(6-17)13-3-4-14-16(21-13)25(23-22-14)9-11-2-5-15-19-10-20-24(15)8-11/h2-8,10H,9,17H2,1H3. The molecule has 0 aliphatic rings. The number of aliphatic imine (C=N–C) groups is 1. The molecule has 0 unspecified atom stereocenters. The van der Waals surface area contributed by atoms with Crippen LogP contribution in [0.15, 0.2) is 48.0 Å². The molecule has 0 aromatic carbocycles. The van der Waals surface area contributed by atoms with Crippen molar-refractivity contribution in [3.63, 3.8) is 0 Å². The third-order valence-corrected chi connectivity index (χ3v) is 3.77. The first-order chi connectivity index (χ1) is 12.3. The Morgan fingerprint density at radius 2 is 2.20 bits per heavy atom. The molecule has 0 aliphatic heterocycles. The van der Waals surface area contributed by atoms with Crippen LogP contribution in [0.5, 0.6) is 0 Å². The zero-order valence-corrected chi connectivity index (χ0v) is 13.5. The molecular formula is C16H15N9. The number of hydrogen-bond donors (Lipinski definition) is 1. The van der Waals surface area contributed by atoms with Gasteiger partial charge in [-0.2, -0.15) is 5.10 Å². The van der Waals surface area contributed by atoms with E-state index in [-0.39, 0.29) is 0 Å². The van der Waals surface area contributed by atoms with Gasteiger partial charge in [0, 0.05) is 31.2 Å². The predicted octanol–water partition coefficient (Wildman–Crippen LogP) is 0.917. The number of nitrogens with zero attached hydrogens (tertiary/aromatic N) is 8. The maximum Gasteiger partial charge on any atom is 0.179 e. The summed E-state index contributed by atoms with van der Waals surface area (Å²) in [6, 6.07) is 7.61. The third kappa shape index (κ3) is 2.71. The van der Waals surface area contributed by atoms with Gasteiger partial charge >= 0.3 is 0 Å². The Labute approximate surface area is 142 Å². The first-order valence-electron chi connectivity index (χ1n) is 7.61. The van der Waals surface area contributed by atoms with Gasteiger partial charge in [-0.3, -0.25) is 4.99 Å². The van der Waals surface area contributed by atoms with Crippen molar-refractivity contribution in [2.75, 3.05) is 7.05 Å². The highest BCUT2D eigenvalue weighted by molar-refractivity contribution is 6.09. The Morgan fingerprint density at radius 1 is 1.28 bits per heavy atom. The maximum atomic E-state index is 5.67. The van der Waals surface area contributed by atoms with Gasteiger partial charge in [0.1, 0.15) is 11.8 Å². The molecule has 0 bridgehead atoms. The number of nitrogens with two attached hydrogens (primary N) is 1. The molecule has 0 radical (unpaired) electrons. The quantitative estimate of drug-likeness (QED) is 0.556.